The molecule has 35 heavy (non-hydrogen) atoms. The number of rotatable bonds is 5. The molecule has 1 fully saturated rings. The summed E-state index contributed by atoms with van der Waals surface area (Å²) in [4.78, 5) is 19.8. The molecular weight excluding hydrogens is 449 g/mol. The largest absolute Gasteiger partial charge is 0.493 e. The molecule has 3 heterocycles. The average Bonchev–Trinajstić information content (AvgIpc) is 3.41. The van der Waals surface area contributed by atoms with Gasteiger partial charge in [0.05, 0.1) is 30.9 Å². The van der Waals surface area contributed by atoms with Gasteiger partial charge in [-0.25, -0.2) is 9.37 Å². The van der Waals surface area contributed by atoms with E-state index in [1.165, 1.54) is 12.1 Å². The number of amides is 1. The number of ether oxygens (including phenoxy) is 2. The number of hydrogen-bond acceptors (Lipinski definition) is 5. The van der Waals surface area contributed by atoms with Gasteiger partial charge in [-0.3, -0.25) is 9.48 Å². The van der Waals surface area contributed by atoms with Crippen LogP contribution in [-0.2, 0) is 7.05 Å². The lowest BCUT2D eigenvalue weighted by Crippen LogP contribution is -2.39. The van der Waals surface area contributed by atoms with Gasteiger partial charge < -0.3 is 18.9 Å². The third-order valence-electron chi connectivity index (χ3n) is 6.63. The molecule has 182 valence electrons. The molecule has 1 aliphatic rings. The molecule has 0 saturated carbocycles. The number of halogens is 1. The molecule has 5 rings (SSSR count). The Balaban J connectivity index is 1.49. The van der Waals surface area contributed by atoms with Crippen LogP contribution in [0.5, 0.6) is 11.5 Å². The molecule has 1 aliphatic heterocycles. The summed E-state index contributed by atoms with van der Waals surface area (Å²) in [6, 6.07) is 12.3. The van der Waals surface area contributed by atoms with Gasteiger partial charge in [-0.2, -0.15) is 5.10 Å². The number of benzene rings is 2. The fraction of sp³-hybridized carbons (Fsp3) is 0.346. The van der Waals surface area contributed by atoms with Gasteiger partial charge in [-0.05, 0) is 56.2 Å². The number of piperidine rings is 1. The van der Waals surface area contributed by atoms with E-state index in [2.05, 4.69) is 9.67 Å². The Kier molecular flexibility index (Phi) is 5.92. The van der Waals surface area contributed by atoms with Crippen molar-refractivity contribution in [3.8, 4) is 22.9 Å². The van der Waals surface area contributed by atoms with E-state index in [-0.39, 0.29) is 17.8 Å². The van der Waals surface area contributed by atoms with Gasteiger partial charge in [-0.1, -0.05) is 0 Å². The minimum atomic E-state index is -0.326. The Labute approximate surface area is 202 Å². The molecule has 0 bridgehead atoms. The van der Waals surface area contributed by atoms with E-state index >= 15 is 0 Å². The summed E-state index contributed by atoms with van der Waals surface area (Å²) in [5.74, 6) is 1.62. The number of carbonyl (C=O) groups excluding carboxylic acids is 1. The van der Waals surface area contributed by atoms with Crippen molar-refractivity contribution in [2.75, 3.05) is 27.3 Å². The molecule has 9 heteroatoms. The summed E-state index contributed by atoms with van der Waals surface area (Å²) >= 11 is 0. The number of aromatic nitrogens is 4. The summed E-state index contributed by atoms with van der Waals surface area (Å²) in [5.41, 5.74) is 3.72. The molecule has 8 nitrogen and oxygen atoms in total. The van der Waals surface area contributed by atoms with Crippen molar-refractivity contribution in [1.82, 2.24) is 24.2 Å². The van der Waals surface area contributed by atoms with E-state index in [1.54, 1.807) is 32.0 Å². The molecule has 0 radical (unpaired) electrons. The molecule has 0 aliphatic carbocycles. The van der Waals surface area contributed by atoms with Crippen molar-refractivity contribution >= 4 is 16.9 Å². The van der Waals surface area contributed by atoms with Crippen LogP contribution in [0.25, 0.3) is 22.4 Å². The van der Waals surface area contributed by atoms with Crippen LogP contribution in [-0.4, -0.2) is 57.4 Å². The number of methoxy groups -OCH3 is 2. The summed E-state index contributed by atoms with van der Waals surface area (Å²) in [7, 11) is 4.98. The zero-order valence-corrected chi connectivity index (χ0v) is 20.3. The molecule has 1 amide bonds. The molecule has 2 aromatic carbocycles. The minimum Gasteiger partial charge on any atom is -0.493 e. The van der Waals surface area contributed by atoms with Crippen molar-refractivity contribution in [3.63, 3.8) is 0 Å². The molecule has 1 saturated heterocycles. The van der Waals surface area contributed by atoms with Crippen molar-refractivity contribution in [1.29, 1.82) is 0 Å². The topological polar surface area (TPSA) is 74.4 Å². The Morgan fingerprint density at radius 3 is 2.43 bits per heavy atom. The highest BCUT2D eigenvalue weighted by molar-refractivity contribution is 5.92. The monoisotopic (exact) mass is 477 g/mol. The van der Waals surface area contributed by atoms with E-state index in [0.29, 0.717) is 35.8 Å². The first kappa shape index (κ1) is 22.9. The second kappa shape index (κ2) is 9.05. The van der Waals surface area contributed by atoms with Crippen LogP contribution < -0.4 is 9.47 Å². The minimum absolute atomic E-state index is 0.00998. The maximum Gasteiger partial charge on any atom is 0.272 e. The van der Waals surface area contributed by atoms with E-state index in [0.717, 1.165) is 35.4 Å². The summed E-state index contributed by atoms with van der Waals surface area (Å²) in [6.07, 6.45) is 1.51. The smallest absolute Gasteiger partial charge is 0.272 e. The Bertz CT molecular complexity index is 1400. The van der Waals surface area contributed by atoms with Gasteiger partial charge in [-0.15, -0.1) is 0 Å². The third-order valence-corrected chi connectivity index (χ3v) is 6.63. The van der Waals surface area contributed by atoms with Gasteiger partial charge in [0.1, 0.15) is 17.3 Å². The predicted octanol–water partition coefficient (Wildman–Crippen LogP) is 4.38. The summed E-state index contributed by atoms with van der Waals surface area (Å²) in [5, 5.41) is 4.30. The van der Waals surface area contributed by atoms with Crippen LogP contribution >= 0.6 is 0 Å². The van der Waals surface area contributed by atoms with Crippen LogP contribution in [0.15, 0.2) is 42.5 Å². The molecule has 0 spiro atoms. The number of carbonyl (C=O) groups is 1. The Morgan fingerprint density at radius 1 is 1.03 bits per heavy atom. The SMILES string of the molecule is COc1ccc(-c2nc3cc(F)ccc3n2C2CCN(C(=O)c3cc(C)nn3C)CC2)cc1OC. The van der Waals surface area contributed by atoms with Crippen LogP contribution in [0.1, 0.15) is 35.1 Å². The van der Waals surface area contributed by atoms with Crippen LogP contribution in [0.3, 0.4) is 0 Å². The van der Waals surface area contributed by atoms with Gasteiger partial charge in [0.2, 0.25) is 0 Å². The van der Waals surface area contributed by atoms with Crippen LogP contribution in [0, 0.1) is 12.7 Å². The maximum absolute atomic E-state index is 14.0. The van der Waals surface area contributed by atoms with Crippen LogP contribution in [0.4, 0.5) is 4.39 Å². The first-order valence-electron chi connectivity index (χ1n) is 11.6. The normalized spacial score (nSPS) is 14.5. The van der Waals surface area contributed by atoms with Crippen molar-refractivity contribution < 1.29 is 18.7 Å². The second-order valence-corrected chi connectivity index (χ2v) is 8.83. The van der Waals surface area contributed by atoms with E-state index in [1.807, 2.05) is 36.1 Å². The zero-order valence-electron chi connectivity index (χ0n) is 20.3. The number of likely N-dealkylation sites (tertiary alicyclic amines) is 1. The van der Waals surface area contributed by atoms with Gasteiger partial charge in [0.15, 0.2) is 11.5 Å². The molecular formula is C26H28FN5O3. The van der Waals surface area contributed by atoms with Gasteiger partial charge in [0.25, 0.3) is 5.91 Å². The lowest BCUT2D eigenvalue weighted by Gasteiger charge is -2.33. The van der Waals surface area contributed by atoms with Crippen molar-refractivity contribution in [2.24, 2.45) is 7.05 Å². The predicted molar refractivity (Wildman–Crippen MR) is 130 cm³/mol. The third kappa shape index (κ3) is 4.11. The molecule has 0 unspecified atom stereocenters. The average molecular weight is 478 g/mol. The van der Waals surface area contributed by atoms with Crippen molar-refractivity contribution in [2.45, 2.75) is 25.8 Å². The molecule has 0 N–H and O–H groups in total. The first-order chi connectivity index (χ1) is 16.9. The molecule has 4 aromatic rings. The maximum atomic E-state index is 14.0. The Hall–Kier alpha value is -3.88. The molecule has 0 atom stereocenters. The van der Waals surface area contributed by atoms with Crippen LogP contribution in [0.2, 0.25) is 0 Å². The van der Waals surface area contributed by atoms with Gasteiger partial charge in [0, 0.05) is 37.8 Å². The number of aryl methyl sites for hydroxylation is 2. The second-order valence-electron chi connectivity index (χ2n) is 8.83. The molecule has 2 aromatic heterocycles. The fourth-order valence-corrected chi connectivity index (χ4v) is 4.92. The number of imidazole rings is 1. The van der Waals surface area contributed by atoms with Gasteiger partial charge >= 0.3 is 0 Å². The summed E-state index contributed by atoms with van der Waals surface area (Å²) in [6.45, 7) is 3.10. The Morgan fingerprint density at radius 2 is 1.77 bits per heavy atom. The number of fused-ring (bicyclic) bond motifs is 1. The lowest BCUT2D eigenvalue weighted by molar-refractivity contribution is 0.0685. The lowest BCUT2D eigenvalue weighted by atomic mass is 10.0. The fourth-order valence-electron chi connectivity index (χ4n) is 4.92. The van der Waals surface area contributed by atoms with E-state index in [4.69, 9.17) is 14.5 Å². The highest BCUT2D eigenvalue weighted by Gasteiger charge is 2.29. The number of nitrogens with zero attached hydrogens (tertiary/aromatic N) is 5. The summed E-state index contributed by atoms with van der Waals surface area (Å²) < 4.78 is 28.7. The first-order valence-corrected chi connectivity index (χ1v) is 11.6. The van der Waals surface area contributed by atoms with Crippen molar-refractivity contribution in [3.05, 3.63) is 59.7 Å². The van der Waals surface area contributed by atoms with E-state index in [9.17, 15) is 9.18 Å². The highest BCUT2D eigenvalue weighted by Crippen LogP contribution is 2.37. The van der Waals surface area contributed by atoms with E-state index < -0.39 is 0 Å². The standard InChI is InChI=1S/C26H28FN5O3/c1-16-13-22(30(2)29-16)26(33)31-11-9-19(10-12-31)32-21-7-6-18(27)15-20(21)28-25(32)17-5-8-23(34-3)24(14-17)35-4/h5-8,13-15,19H,9-12H2,1-4H3. The quantitative estimate of drug-likeness (QED) is 0.427. The highest BCUT2D eigenvalue weighted by atomic mass is 19.1. The number of hydrogen-bond donors (Lipinski definition) is 0. The zero-order chi connectivity index (χ0) is 24.7.